The maximum atomic E-state index is 12.3. The zero-order valence-corrected chi connectivity index (χ0v) is 16.2. The van der Waals surface area contributed by atoms with Crippen LogP contribution in [0.5, 0.6) is 0 Å². The monoisotopic (exact) mass is 433 g/mol. The molecule has 24 heavy (non-hydrogen) atoms. The summed E-state index contributed by atoms with van der Waals surface area (Å²) < 4.78 is 27.8. The third-order valence-corrected chi connectivity index (χ3v) is 6.72. The van der Waals surface area contributed by atoms with Gasteiger partial charge in [0.05, 0.1) is 15.7 Å². The van der Waals surface area contributed by atoms with E-state index in [4.69, 9.17) is 0 Å². The lowest BCUT2D eigenvalue weighted by Crippen LogP contribution is -2.25. The quantitative estimate of drug-likeness (QED) is 0.694. The molecule has 0 radical (unpaired) electrons. The van der Waals surface area contributed by atoms with Crippen LogP contribution in [0.25, 0.3) is 0 Å². The first kappa shape index (κ1) is 18.7. The van der Waals surface area contributed by atoms with E-state index in [2.05, 4.69) is 25.6 Å². The minimum Gasteiger partial charge on any atom is -0.478 e. The van der Waals surface area contributed by atoms with Crippen molar-refractivity contribution in [3.05, 3.63) is 33.7 Å². The number of rotatable bonds is 7. The topological polar surface area (TPSA) is 99.6 Å². The Labute approximate surface area is 152 Å². The Morgan fingerprint density at radius 2 is 2.04 bits per heavy atom. The molecule has 130 valence electrons. The van der Waals surface area contributed by atoms with Crippen molar-refractivity contribution in [2.45, 2.75) is 18.1 Å². The van der Waals surface area contributed by atoms with Crippen molar-refractivity contribution in [2.75, 3.05) is 22.7 Å². The average molecular weight is 434 g/mol. The fourth-order valence-corrected chi connectivity index (χ4v) is 5.14. The largest absolute Gasteiger partial charge is 0.478 e. The summed E-state index contributed by atoms with van der Waals surface area (Å²) in [5.74, 6) is -0.848. The SMILES string of the molecule is CCN(CC)c1ncc(NS(=O)(=O)c2ccc(Br)s2)cc1C(=O)O. The molecule has 2 aromatic rings. The normalized spacial score (nSPS) is 11.3. The van der Waals surface area contributed by atoms with E-state index in [-0.39, 0.29) is 15.5 Å². The summed E-state index contributed by atoms with van der Waals surface area (Å²) >= 11 is 4.27. The maximum absolute atomic E-state index is 12.3. The van der Waals surface area contributed by atoms with Gasteiger partial charge in [0.2, 0.25) is 0 Å². The standard InChI is InChI=1S/C14H16BrN3O4S2/c1-3-18(4-2)13-10(14(19)20)7-9(8-16-13)17-24(21,22)12-6-5-11(15)23-12/h5-8,17H,3-4H2,1-2H3,(H,19,20). The highest BCUT2D eigenvalue weighted by Gasteiger charge is 2.20. The Morgan fingerprint density at radius 3 is 2.54 bits per heavy atom. The van der Waals surface area contributed by atoms with Crippen LogP contribution in [0.1, 0.15) is 24.2 Å². The first-order valence-electron chi connectivity index (χ1n) is 7.05. The van der Waals surface area contributed by atoms with E-state index in [0.717, 1.165) is 11.3 Å². The number of hydrogen-bond acceptors (Lipinski definition) is 6. The number of anilines is 2. The summed E-state index contributed by atoms with van der Waals surface area (Å²) in [5.41, 5.74) is 0.0547. The molecule has 0 spiro atoms. The van der Waals surface area contributed by atoms with Gasteiger partial charge in [0.15, 0.2) is 0 Å². The van der Waals surface area contributed by atoms with Crippen molar-refractivity contribution in [3.8, 4) is 0 Å². The van der Waals surface area contributed by atoms with Gasteiger partial charge in [0, 0.05) is 13.1 Å². The van der Waals surface area contributed by atoms with Crippen LogP contribution in [0.4, 0.5) is 11.5 Å². The molecule has 2 aromatic heterocycles. The van der Waals surface area contributed by atoms with E-state index in [1.165, 1.54) is 18.3 Å². The van der Waals surface area contributed by atoms with Crippen LogP contribution < -0.4 is 9.62 Å². The first-order valence-corrected chi connectivity index (χ1v) is 10.1. The Balaban J connectivity index is 2.39. The number of aromatic nitrogens is 1. The van der Waals surface area contributed by atoms with Crippen LogP contribution in [0.2, 0.25) is 0 Å². The number of carboxylic acids is 1. The number of carbonyl (C=O) groups is 1. The number of carboxylic acid groups (broad SMARTS) is 1. The maximum Gasteiger partial charge on any atom is 0.339 e. The lowest BCUT2D eigenvalue weighted by atomic mass is 10.2. The fraction of sp³-hybridized carbons (Fsp3) is 0.286. The molecule has 10 heteroatoms. The van der Waals surface area contributed by atoms with Crippen molar-refractivity contribution in [1.29, 1.82) is 0 Å². The number of halogens is 1. The average Bonchev–Trinajstić information content (AvgIpc) is 2.96. The van der Waals surface area contributed by atoms with Crippen molar-refractivity contribution in [2.24, 2.45) is 0 Å². The van der Waals surface area contributed by atoms with Crippen LogP contribution in [0.3, 0.4) is 0 Å². The Morgan fingerprint density at radius 1 is 1.38 bits per heavy atom. The van der Waals surface area contributed by atoms with Crippen LogP contribution in [-0.2, 0) is 10.0 Å². The predicted molar refractivity (Wildman–Crippen MR) is 97.6 cm³/mol. The molecule has 0 atom stereocenters. The fourth-order valence-electron chi connectivity index (χ4n) is 2.09. The molecule has 7 nitrogen and oxygen atoms in total. The van der Waals surface area contributed by atoms with Crippen molar-refractivity contribution >= 4 is 54.8 Å². The molecule has 0 aliphatic heterocycles. The van der Waals surface area contributed by atoms with E-state index in [9.17, 15) is 18.3 Å². The van der Waals surface area contributed by atoms with Gasteiger partial charge >= 0.3 is 5.97 Å². The van der Waals surface area contributed by atoms with Gasteiger partial charge in [-0.15, -0.1) is 11.3 Å². The molecular formula is C14H16BrN3O4S2. The predicted octanol–water partition coefficient (Wildman–Crippen LogP) is 3.25. The highest BCUT2D eigenvalue weighted by atomic mass is 79.9. The minimum absolute atomic E-state index is 0.0498. The zero-order chi connectivity index (χ0) is 17.9. The smallest absolute Gasteiger partial charge is 0.339 e. The van der Waals surface area contributed by atoms with Crippen LogP contribution in [0, 0.1) is 0 Å². The molecule has 0 fully saturated rings. The molecule has 0 saturated carbocycles. The number of aromatic carboxylic acids is 1. The number of sulfonamides is 1. The van der Waals surface area contributed by atoms with Crippen molar-refractivity contribution in [1.82, 2.24) is 4.98 Å². The molecule has 2 N–H and O–H groups in total. The summed E-state index contributed by atoms with van der Waals surface area (Å²) in [6.07, 6.45) is 1.32. The lowest BCUT2D eigenvalue weighted by Gasteiger charge is -2.21. The van der Waals surface area contributed by atoms with Crippen LogP contribution in [0.15, 0.2) is 32.4 Å². The van der Waals surface area contributed by atoms with E-state index in [1.807, 2.05) is 13.8 Å². The number of nitrogens with one attached hydrogen (secondary N) is 1. The van der Waals surface area contributed by atoms with Gasteiger partial charge in [-0.2, -0.15) is 0 Å². The molecule has 0 aliphatic carbocycles. The second-order valence-electron chi connectivity index (χ2n) is 4.74. The van der Waals surface area contributed by atoms with Gasteiger partial charge in [-0.1, -0.05) is 0 Å². The Bertz CT molecular complexity index is 847. The summed E-state index contributed by atoms with van der Waals surface area (Å²) in [6, 6.07) is 4.37. The highest BCUT2D eigenvalue weighted by Crippen LogP contribution is 2.28. The second kappa shape index (κ2) is 7.49. The van der Waals surface area contributed by atoms with Gasteiger partial charge < -0.3 is 10.0 Å². The molecule has 0 aliphatic rings. The molecule has 0 amide bonds. The van der Waals surface area contributed by atoms with E-state index in [1.54, 1.807) is 11.0 Å². The molecule has 0 aromatic carbocycles. The van der Waals surface area contributed by atoms with Gasteiger partial charge in [0.25, 0.3) is 10.0 Å². The van der Waals surface area contributed by atoms with Crippen molar-refractivity contribution in [3.63, 3.8) is 0 Å². The minimum atomic E-state index is -3.79. The molecule has 0 bridgehead atoms. The molecule has 0 unspecified atom stereocenters. The molecule has 0 saturated heterocycles. The molecule has 2 rings (SSSR count). The second-order valence-corrected chi connectivity index (χ2v) is 9.11. The summed E-state index contributed by atoms with van der Waals surface area (Å²) in [5, 5.41) is 9.40. The number of nitrogens with zero attached hydrogens (tertiary/aromatic N) is 2. The Kier molecular flexibility index (Phi) is 5.83. The summed E-state index contributed by atoms with van der Waals surface area (Å²) in [6.45, 7) is 4.97. The van der Waals surface area contributed by atoms with Gasteiger partial charge in [-0.3, -0.25) is 4.72 Å². The third kappa shape index (κ3) is 4.05. The van der Waals surface area contributed by atoms with Crippen LogP contribution in [-0.4, -0.2) is 37.6 Å². The van der Waals surface area contributed by atoms with E-state index < -0.39 is 16.0 Å². The van der Waals surface area contributed by atoms with Crippen LogP contribution >= 0.6 is 27.3 Å². The van der Waals surface area contributed by atoms with Crippen molar-refractivity contribution < 1.29 is 18.3 Å². The highest BCUT2D eigenvalue weighted by molar-refractivity contribution is 9.11. The molecule has 2 heterocycles. The van der Waals surface area contributed by atoms with Gasteiger partial charge in [-0.25, -0.2) is 18.2 Å². The zero-order valence-electron chi connectivity index (χ0n) is 13.0. The van der Waals surface area contributed by atoms with Gasteiger partial charge in [0.1, 0.15) is 15.6 Å². The van der Waals surface area contributed by atoms with Gasteiger partial charge in [-0.05, 0) is 48.0 Å². The Hall–Kier alpha value is -1.65. The first-order chi connectivity index (χ1) is 11.3. The summed E-state index contributed by atoms with van der Waals surface area (Å²) in [7, 11) is -3.79. The van der Waals surface area contributed by atoms with E-state index in [0.29, 0.717) is 22.7 Å². The third-order valence-electron chi connectivity index (χ3n) is 3.23. The number of thiophene rings is 1. The van der Waals surface area contributed by atoms with E-state index >= 15 is 0 Å². The number of pyridine rings is 1. The molecular weight excluding hydrogens is 418 g/mol. The lowest BCUT2D eigenvalue weighted by molar-refractivity contribution is 0.0697. The number of hydrogen-bond donors (Lipinski definition) is 2. The summed E-state index contributed by atoms with van der Waals surface area (Å²) in [4.78, 5) is 17.4.